The molecule has 0 unspecified atom stereocenters. The van der Waals surface area contributed by atoms with Crippen LogP contribution < -0.4 is 21.4 Å². The maximum absolute atomic E-state index is 13.1. The minimum Gasteiger partial charge on any atom is -0.477 e. The number of amides is 2. The summed E-state index contributed by atoms with van der Waals surface area (Å²) in [5.41, 5.74) is 12.6. The summed E-state index contributed by atoms with van der Waals surface area (Å²) in [4.78, 5) is 48.4. The van der Waals surface area contributed by atoms with Crippen molar-refractivity contribution in [1.29, 1.82) is 0 Å². The predicted molar refractivity (Wildman–Crippen MR) is 145 cm³/mol. The molecule has 0 aliphatic carbocycles. The van der Waals surface area contributed by atoms with Crippen LogP contribution in [0.15, 0.2) is 51.4 Å². The van der Waals surface area contributed by atoms with E-state index in [4.69, 9.17) is 16.3 Å². The number of carbonyl (C=O) groups is 3. The number of carboxylic acid groups (broad SMARTS) is 1. The van der Waals surface area contributed by atoms with Gasteiger partial charge in [0.2, 0.25) is 0 Å². The van der Waals surface area contributed by atoms with Crippen LogP contribution in [0.4, 0.5) is 5.13 Å². The number of thioether (sulfide) groups is 2. The predicted octanol–water partition coefficient (Wildman–Crippen LogP) is -0.499. The topological polar surface area (TPSA) is 194 Å². The molecule has 204 valence electrons. The molecule has 0 radical (unpaired) electrons. The number of fused-ring (bicyclic) bond motifs is 2. The number of β-lactam (4-membered cyclic amide) rings is 1. The number of oxime groups is 1. The molecular weight excluding hydrogens is 567 g/mol. The quantitative estimate of drug-likeness (QED) is 0.0782. The number of carboxylic acids is 1. The molecule has 17 heteroatoms. The first kappa shape index (κ1) is 26.9. The normalized spacial score (nSPS) is 19.2. The van der Waals surface area contributed by atoms with Gasteiger partial charge in [0.25, 0.3) is 11.8 Å². The Hall–Kier alpha value is -3.67. The van der Waals surface area contributed by atoms with Gasteiger partial charge in [-0.2, -0.15) is 0 Å². The molecule has 1 fully saturated rings. The molecule has 39 heavy (non-hydrogen) atoms. The second-order valence-electron chi connectivity index (χ2n) is 8.35. The summed E-state index contributed by atoms with van der Waals surface area (Å²) >= 11 is 4.05. The highest BCUT2D eigenvalue weighted by atomic mass is 32.2. The van der Waals surface area contributed by atoms with Gasteiger partial charge in [0.05, 0.1) is 0 Å². The fourth-order valence-corrected chi connectivity index (χ4v) is 6.78. The summed E-state index contributed by atoms with van der Waals surface area (Å²) in [5, 5.41) is 23.0. The Morgan fingerprint density at radius 1 is 1.41 bits per heavy atom. The Bertz CT molecular complexity index is 1520. The van der Waals surface area contributed by atoms with Gasteiger partial charge >= 0.3 is 11.6 Å². The molecular formula is C22H24N9O5S3+. The first-order valence-corrected chi connectivity index (χ1v) is 14.5. The molecule has 1 saturated heterocycles. The number of hydrogen-bond acceptors (Lipinski definition) is 12. The maximum atomic E-state index is 13.1. The maximum Gasteiger partial charge on any atom is 0.352 e. The molecule has 2 aliphatic heterocycles. The molecule has 0 bridgehead atoms. The number of nitrogens with zero attached hydrogens (tertiary/aromatic N) is 6. The van der Waals surface area contributed by atoms with Crippen LogP contribution in [-0.2, 0) is 25.8 Å². The van der Waals surface area contributed by atoms with Gasteiger partial charge in [0.15, 0.2) is 17.0 Å². The molecule has 5 rings (SSSR count). The van der Waals surface area contributed by atoms with Crippen molar-refractivity contribution in [2.75, 3.05) is 30.9 Å². The third-order valence-corrected chi connectivity index (χ3v) is 8.89. The summed E-state index contributed by atoms with van der Waals surface area (Å²) in [6.45, 7) is 0.801. The second kappa shape index (κ2) is 11.2. The fourth-order valence-electron chi connectivity index (χ4n) is 4.26. The lowest BCUT2D eigenvalue weighted by Crippen LogP contribution is -2.71. The van der Waals surface area contributed by atoms with Crippen LogP contribution in [0.2, 0.25) is 0 Å². The van der Waals surface area contributed by atoms with E-state index in [-0.39, 0.29) is 28.8 Å². The smallest absolute Gasteiger partial charge is 0.352 e. The molecule has 3 aromatic rings. The number of nitrogens with one attached hydrogen (secondary N) is 1. The number of imidazole rings is 1. The molecule has 0 spiro atoms. The lowest BCUT2D eigenvalue weighted by atomic mass is 10.0. The van der Waals surface area contributed by atoms with Crippen molar-refractivity contribution >= 4 is 69.1 Å². The number of aliphatic carboxylic acids is 1. The first-order valence-electron chi connectivity index (χ1n) is 11.6. The van der Waals surface area contributed by atoms with E-state index in [9.17, 15) is 19.5 Å². The van der Waals surface area contributed by atoms with E-state index >= 15 is 0 Å². The van der Waals surface area contributed by atoms with Crippen LogP contribution in [0, 0.1) is 0 Å². The van der Waals surface area contributed by atoms with Gasteiger partial charge in [-0.1, -0.05) is 10.3 Å². The number of nitrogen functional groups attached to an aromatic ring is 1. The summed E-state index contributed by atoms with van der Waals surface area (Å²) in [7, 11) is 1.28. The second-order valence-corrected chi connectivity index (χ2v) is 11.5. The van der Waals surface area contributed by atoms with Crippen molar-refractivity contribution in [2.24, 2.45) is 10.9 Å². The van der Waals surface area contributed by atoms with E-state index in [1.165, 1.54) is 23.8 Å². The van der Waals surface area contributed by atoms with Crippen molar-refractivity contribution < 1.29 is 28.9 Å². The van der Waals surface area contributed by atoms with Crippen LogP contribution in [0.1, 0.15) is 5.69 Å². The third-order valence-electron chi connectivity index (χ3n) is 5.93. The van der Waals surface area contributed by atoms with E-state index in [1.807, 2.05) is 22.9 Å². The Kier molecular flexibility index (Phi) is 7.74. The van der Waals surface area contributed by atoms with Crippen LogP contribution in [0.3, 0.4) is 0 Å². The van der Waals surface area contributed by atoms with E-state index in [2.05, 4.69) is 20.6 Å². The lowest BCUT2D eigenvalue weighted by Gasteiger charge is -2.49. The SMILES string of the molecule is CO/N=C(\C(=O)N[C@@H]1C(=O)N2C(C(=O)O)=C(C[n+]3ccn4nc(SCCN)ccc43)CS[C@H]12)c1csc(N)n1. The standard InChI is InChI=1S/C22H23N9O5S3/c1-36-28-15(12-10-39-22(24)25-12)18(32)26-16-19(33)31-17(21(34)35)11(9-38-20(16)31)8-29-5-6-30-14(29)3-2-13(27-30)37-7-4-23/h2-3,5-6,10,16,20H,4,7-9,23H2,1H3,(H3-,24,25,26,32,34,35)/p+1/b28-15-/t16-,20-/m1/s1. The molecule has 3 aromatic heterocycles. The Labute approximate surface area is 234 Å². The van der Waals surface area contributed by atoms with E-state index in [0.29, 0.717) is 17.9 Å². The van der Waals surface area contributed by atoms with Crippen molar-refractivity contribution in [3.05, 3.63) is 46.9 Å². The van der Waals surface area contributed by atoms with Gasteiger partial charge in [-0.25, -0.2) is 14.3 Å². The highest BCUT2D eigenvalue weighted by Gasteiger charge is 2.54. The zero-order chi connectivity index (χ0) is 27.7. The Balaban J connectivity index is 1.34. The number of rotatable bonds is 10. The van der Waals surface area contributed by atoms with Gasteiger partial charge in [0.1, 0.15) is 47.7 Å². The van der Waals surface area contributed by atoms with E-state index in [1.54, 1.807) is 27.9 Å². The zero-order valence-corrected chi connectivity index (χ0v) is 23.0. The number of aromatic nitrogens is 4. The van der Waals surface area contributed by atoms with Crippen molar-refractivity contribution in [1.82, 2.24) is 24.8 Å². The third kappa shape index (κ3) is 5.17. The molecule has 2 aliphatic rings. The average molecular weight is 591 g/mol. The molecule has 6 N–H and O–H groups in total. The minimum atomic E-state index is -1.21. The molecule has 2 atom stereocenters. The monoisotopic (exact) mass is 590 g/mol. The summed E-state index contributed by atoms with van der Waals surface area (Å²) < 4.78 is 3.59. The number of nitrogens with two attached hydrogens (primary N) is 2. The zero-order valence-electron chi connectivity index (χ0n) is 20.5. The molecule has 5 heterocycles. The molecule has 0 aromatic carbocycles. The van der Waals surface area contributed by atoms with Gasteiger partial charge in [-0.3, -0.25) is 14.5 Å². The van der Waals surface area contributed by atoms with Crippen molar-refractivity contribution in [2.45, 2.75) is 23.0 Å². The Morgan fingerprint density at radius 3 is 2.92 bits per heavy atom. The van der Waals surface area contributed by atoms with Gasteiger partial charge in [-0.15, -0.1) is 39.4 Å². The van der Waals surface area contributed by atoms with Crippen LogP contribution >= 0.6 is 34.9 Å². The highest BCUT2D eigenvalue weighted by Crippen LogP contribution is 2.40. The first-order chi connectivity index (χ1) is 18.8. The van der Waals surface area contributed by atoms with Crippen molar-refractivity contribution in [3.63, 3.8) is 0 Å². The lowest BCUT2D eigenvalue weighted by molar-refractivity contribution is -0.662. The van der Waals surface area contributed by atoms with E-state index in [0.717, 1.165) is 27.8 Å². The molecule has 14 nitrogen and oxygen atoms in total. The van der Waals surface area contributed by atoms with Crippen molar-refractivity contribution in [3.8, 4) is 0 Å². The van der Waals surface area contributed by atoms with Gasteiger partial charge < -0.3 is 26.7 Å². The fraction of sp³-hybridized carbons (Fsp3) is 0.318. The van der Waals surface area contributed by atoms with E-state index < -0.39 is 29.2 Å². The highest BCUT2D eigenvalue weighted by molar-refractivity contribution is 8.00. The number of carbonyl (C=O) groups excluding carboxylic acids is 2. The summed E-state index contributed by atoms with van der Waals surface area (Å²) in [6, 6.07) is 2.85. The number of thiazole rings is 1. The number of anilines is 1. The molecule has 2 amide bonds. The summed E-state index contributed by atoms with van der Waals surface area (Å²) in [6.07, 6.45) is 3.60. The summed E-state index contributed by atoms with van der Waals surface area (Å²) in [5.74, 6) is -1.32. The average Bonchev–Trinajstić information content (AvgIpc) is 3.54. The minimum absolute atomic E-state index is 0.0813. The number of hydrogen-bond donors (Lipinski definition) is 4. The Morgan fingerprint density at radius 2 is 2.23 bits per heavy atom. The van der Waals surface area contributed by atoms with Crippen LogP contribution in [0.25, 0.3) is 5.65 Å². The van der Waals surface area contributed by atoms with Crippen LogP contribution in [0.5, 0.6) is 0 Å². The van der Waals surface area contributed by atoms with Gasteiger partial charge in [0, 0.05) is 35.1 Å². The molecule has 0 saturated carbocycles. The largest absolute Gasteiger partial charge is 0.477 e. The van der Waals surface area contributed by atoms with Crippen LogP contribution in [-0.4, -0.2) is 84.7 Å². The van der Waals surface area contributed by atoms with Gasteiger partial charge in [-0.05, 0) is 6.07 Å².